The Bertz CT molecular complexity index is 389. The molecule has 0 aliphatic rings. The number of methoxy groups -OCH3 is 1. The molecule has 18 heavy (non-hydrogen) atoms. The van der Waals surface area contributed by atoms with Crippen LogP contribution < -0.4 is 5.73 Å². The van der Waals surface area contributed by atoms with E-state index >= 15 is 0 Å². The van der Waals surface area contributed by atoms with Crippen LogP contribution >= 0.6 is 11.6 Å². The highest BCUT2D eigenvalue weighted by Crippen LogP contribution is 2.24. The van der Waals surface area contributed by atoms with Crippen LogP contribution in [0.3, 0.4) is 0 Å². The maximum absolute atomic E-state index is 13.5. The Hall–Kier alpha value is -0.680. The van der Waals surface area contributed by atoms with E-state index < -0.39 is 5.82 Å². The highest BCUT2D eigenvalue weighted by atomic mass is 35.5. The van der Waals surface area contributed by atoms with Crippen molar-refractivity contribution in [1.29, 1.82) is 0 Å². The number of nitrogens with zero attached hydrogens (tertiary/aromatic N) is 1. The molecule has 102 valence electrons. The molecule has 1 aromatic rings. The normalized spacial score (nSPS) is 14.8. The molecule has 2 atom stereocenters. The average Bonchev–Trinajstić information content (AvgIpc) is 2.34. The largest absolute Gasteiger partial charge is 0.383 e. The Kier molecular flexibility index (Phi) is 6.02. The summed E-state index contributed by atoms with van der Waals surface area (Å²) in [6.45, 7) is 3.05. The summed E-state index contributed by atoms with van der Waals surface area (Å²) in [7, 11) is 3.61. The SMILES string of the molecule is COCC(C)N(C)C(CN)c1ccc(Cl)c(F)c1. The van der Waals surface area contributed by atoms with Crippen molar-refractivity contribution in [3.63, 3.8) is 0 Å². The zero-order chi connectivity index (χ0) is 13.7. The Labute approximate surface area is 113 Å². The van der Waals surface area contributed by atoms with E-state index in [1.54, 1.807) is 19.2 Å². The summed E-state index contributed by atoms with van der Waals surface area (Å²) in [5.74, 6) is -0.416. The second kappa shape index (κ2) is 7.04. The molecule has 0 aromatic heterocycles. The van der Waals surface area contributed by atoms with Crippen molar-refractivity contribution in [3.8, 4) is 0 Å². The lowest BCUT2D eigenvalue weighted by Crippen LogP contribution is -2.39. The molecular formula is C13H20ClFN2O. The third kappa shape index (κ3) is 3.65. The molecule has 0 fully saturated rings. The molecule has 3 nitrogen and oxygen atoms in total. The summed E-state index contributed by atoms with van der Waals surface area (Å²) < 4.78 is 18.6. The first-order valence-corrected chi connectivity index (χ1v) is 6.25. The lowest BCUT2D eigenvalue weighted by Gasteiger charge is -2.32. The van der Waals surface area contributed by atoms with Gasteiger partial charge in [-0.2, -0.15) is 0 Å². The van der Waals surface area contributed by atoms with Crippen LogP contribution in [0.4, 0.5) is 4.39 Å². The number of hydrogen-bond donors (Lipinski definition) is 1. The van der Waals surface area contributed by atoms with Crippen molar-refractivity contribution >= 4 is 11.6 Å². The summed E-state index contributed by atoms with van der Waals surface area (Å²) in [5, 5.41) is 0.127. The number of ether oxygens (including phenoxy) is 1. The predicted octanol–water partition coefficient (Wildman–Crippen LogP) is 2.45. The van der Waals surface area contributed by atoms with Crippen LogP contribution in [-0.2, 0) is 4.74 Å². The highest BCUT2D eigenvalue weighted by molar-refractivity contribution is 6.30. The topological polar surface area (TPSA) is 38.5 Å². The number of halogens is 2. The fraction of sp³-hybridized carbons (Fsp3) is 0.538. The molecule has 2 unspecified atom stereocenters. The number of hydrogen-bond acceptors (Lipinski definition) is 3. The molecular weight excluding hydrogens is 255 g/mol. The smallest absolute Gasteiger partial charge is 0.142 e. The van der Waals surface area contributed by atoms with Gasteiger partial charge in [-0.1, -0.05) is 17.7 Å². The van der Waals surface area contributed by atoms with E-state index in [0.717, 1.165) is 5.56 Å². The predicted molar refractivity (Wildman–Crippen MR) is 72.3 cm³/mol. The second-order valence-electron chi connectivity index (χ2n) is 4.39. The Morgan fingerprint density at radius 3 is 2.67 bits per heavy atom. The number of likely N-dealkylation sites (N-methyl/N-ethyl adjacent to an activating group) is 1. The summed E-state index contributed by atoms with van der Waals surface area (Å²) in [6, 6.07) is 4.95. The van der Waals surface area contributed by atoms with Gasteiger partial charge in [0.05, 0.1) is 11.6 Å². The zero-order valence-electron chi connectivity index (χ0n) is 11.0. The molecule has 1 aromatic carbocycles. The van der Waals surface area contributed by atoms with Gasteiger partial charge in [0.1, 0.15) is 5.82 Å². The minimum absolute atomic E-state index is 0.0538. The minimum atomic E-state index is -0.416. The van der Waals surface area contributed by atoms with E-state index in [1.165, 1.54) is 6.07 Å². The number of rotatable bonds is 6. The monoisotopic (exact) mass is 274 g/mol. The van der Waals surface area contributed by atoms with E-state index in [2.05, 4.69) is 4.90 Å². The van der Waals surface area contributed by atoms with Gasteiger partial charge in [-0.25, -0.2) is 4.39 Å². The van der Waals surface area contributed by atoms with Crippen molar-refractivity contribution < 1.29 is 9.13 Å². The van der Waals surface area contributed by atoms with E-state index in [9.17, 15) is 4.39 Å². The molecule has 0 heterocycles. The maximum atomic E-state index is 13.5. The molecule has 0 amide bonds. The van der Waals surface area contributed by atoms with Gasteiger partial charge >= 0.3 is 0 Å². The van der Waals surface area contributed by atoms with E-state index in [1.807, 2.05) is 14.0 Å². The zero-order valence-corrected chi connectivity index (χ0v) is 11.7. The highest BCUT2D eigenvalue weighted by Gasteiger charge is 2.21. The van der Waals surface area contributed by atoms with E-state index in [4.69, 9.17) is 22.1 Å². The molecule has 0 aliphatic heterocycles. The fourth-order valence-electron chi connectivity index (χ4n) is 1.92. The molecule has 1 rings (SSSR count). The molecule has 0 aliphatic carbocycles. The molecule has 0 spiro atoms. The van der Waals surface area contributed by atoms with Gasteiger partial charge in [0.15, 0.2) is 0 Å². The molecule has 0 saturated carbocycles. The summed E-state index contributed by atoms with van der Waals surface area (Å²) >= 11 is 5.68. The van der Waals surface area contributed by atoms with Crippen LogP contribution in [0, 0.1) is 5.82 Å². The Morgan fingerprint density at radius 1 is 1.50 bits per heavy atom. The second-order valence-corrected chi connectivity index (χ2v) is 4.80. The minimum Gasteiger partial charge on any atom is -0.383 e. The van der Waals surface area contributed by atoms with Crippen molar-refractivity contribution in [1.82, 2.24) is 4.90 Å². The van der Waals surface area contributed by atoms with Gasteiger partial charge in [-0.15, -0.1) is 0 Å². The quantitative estimate of drug-likeness (QED) is 0.866. The summed E-state index contributed by atoms with van der Waals surface area (Å²) in [4.78, 5) is 2.08. The lowest BCUT2D eigenvalue weighted by atomic mass is 10.0. The van der Waals surface area contributed by atoms with Crippen LogP contribution in [0.25, 0.3) is 0 Å². The third-order valence-electron chi connectivity index (χ3n) is 3.15. The van der Waals surface area contributed by atoms with Gasteiger partial charge in [-0.05, 0) is 31.7 Å². The van der Waals surface area contributed by atoms with E-state index in [-0.39, 0.29) is 17.1 Å². The van der Waals surface area contributed by atoms with Crippen molar-refractivity contribution in [2.24, 2.45) is 5.73 Å². The van der Waals surface area contributed by atoms with Crippen molar-refractivity contribution in [3.05, 3.63) is 34.6 Å². The summed E-state index contributed by atoms with van der Waals surface area (Å²) in [6.07, 6.45) is 0. The standard InChI is InChI=1S/C13H20ClFN2O/c1-9(8-18-3)17(2)13(7-16)10-4-5-11(14)12(15)6-10/h4-6,9,13H,7-8,16H2,1-3H3. The molecule has 0 radical (unpaired) electrons. The maximum Gasteiger partial charge on any atom is 0.142 e. The van der Waals surface area contributed by atoms with E-state index in [0.29, 0.717) is 13.2 Å². The van der Waals surface area contributed by atoms with Gasteiger partial charge in [-0.3, -0.25) is 4.90 Å². The number of nitrogens with two attached hydrogens (primary N) is 1. The van der Waals surface area contributed by atoms with Crippen LogP contribution in [0.5, 0.6) is 0 Å². The first-order chi connectivity index (χ1) is 8.51. The van der Waals surface area contributed by atoms with Crippen LogP contribution in [0.2, 0.25) is 5.02 Å². The first kappa shape index (κ1) is 15.4. The first-order valence-electron chi connectivity index (χ1n) is 5.87. The fourth-order valence-corrected chi connectivity index (χ4v) is 2.04. The Morgan fingerprint density at radius 2 is 2.17 bits per heavy atom. The van der Waals surface area contributed by atoms with Gasteiger partial charge in [0.25, 0.3) is 0 Å². The average molecular weight is 275 g/mol. The molecule has 0 saturated heterocycles. The van der Waals surface area contributed by atoms with Crippen LogP contribution in [0.15, 0.2) is 18.2 Å². The molecule has 5 heteroatoms. The van der Waals surface area contributed by atoms with Crippen LogP contribution in [-0.4, -0.2) is 38.3 Å². The summed E-state index contributed by atoms with van der Waals surface area (Å²) in [5.41, 5.74) is 6.61. The van der Waals surface area contributed by atoms with Gasteiger partial charge in [0, 0.05) is 25.7 Å². The molecule has 0 bridgehead atoms. The van der Waals surface area contributed by atoms with Gasteiger partial charge < -0.3 is 10.5 Å². The molecule has 2 N–H and O–H groups in total. The van der Waals surface area contributed by atoms with Crippen LogP contribution in [0.1, 0.15) is 18.5 Å². The third-order valence-corrected chi connectivity index (χ3v) is 3.45. The van der Waals surface area contributed by atoms with Crippen molar-refractivity contribution in [2.45, 2.75) is 19.0 Å². The Balaban J connectivity index is 2.91. The lowest BCUT2D eigenvalue weighted by molar-refractivity contribution is 0.0909. The number of benzene rings is 1. The van der Waals surface area contributed by atoms with Crippen molar-refractivity contribution in [2.75, 3.05) is 27.3 Å². The van der Waals surface area contributed by atoms with Gasteiger partial charge in [0.2, 0.25) is 0 Å².